The van der Waals surface area contributed by atoms with E-state index < -0.39 is 0 Å². The molecule has 0 spiro atoms. The molecule has 1 N–H and O–H groups in total. The molecule has 0 saturated heterocycles. The normalized spacial score (nSPS) is 12.4. The van der Waals surface area contributed by atoms with Crippen molar-refractivity contribution in [1.29, 1.82) is 0 Å². The lowest BCUT2D eigenvalue weighted by molar-refractivity contribution is 0.563. The van der Waals surface area contributed by atoms with E-state index in [4.69, 9.17) is 0 Å². The van der Waals surface area contributed by atoms with E-state index in [2.05, 4.69) is 63.1 Å². The molecule has 20 heavy (non-hydrogen) atoms. The molecule has 2 nitrogen and oxygen atoms in total. The first-order valence-corrected chi connectivity index (χ1v) is 7.20. The summed E-state index contributed by atoms with van der Waals surface area (Å²) in [6.07, 6.45) is 1.86. The maximum Gasteiger partial charge on any atom is 0.0570 e. The Hall–Kier alpha value is -1.67. The molecule has 0 fully saturated rings. The largest absolute Gasteiger partial charge is 0.305 e. The number of benzene rings is 1. The highest BCUT2D eigenvalue weighted by Gasteiger charge is 2.10. The zero-order valence-electron chi connectivity index (χ0n) is 13.1. The molecule has 2 rings (SSSR count). The van der Waals surface area contributed by atoms with Gasteiger partial charge in [0.25, 0.3) is 0 Å². The van der Waals surface area contributed by atoms with E-state index in [9.17, 15) is 0 Å². The zero-order valence-corrected chi connectivity index (χ0v) is 13.1. The lowest BCUT2D eigenvalue weighted by atomic mass is 9.96. The highest BCUT2D eigenvalue weighted by atomic mass is 14.9. The molecule has 0 bridgehead atoms. The number of aromatic nitrogens is 1. The lowest BCUT2D eigenvalue weighted by Gasteiger charge is -2.18. The van der Waals surface area contributed by atoms with Crippen LogP contribution in [0, 0.1) is 27.7 Å². The number of nitrogens with zero attached hydrogens (tertiary/aromatic N) is 1. The number of pyridine rings is 1. The van der Waals surface area contributed by atoms with Crippen LogP contribution in [0.5, 0.6) is 0 Å². The average molecular weight is 268 g/mol. The summed E-state index contributed by atoms with van der Waals surface area (Å²) in [5.41, 5.74) is 7.81. The van der Waals surface area contributed by atoms with Crippen molar-refractivity contribution in [3.05, 3.63) is 64.0 Å². The Morgan fingerprint density at radius 3 is 2.40 bits per heavy atom. The Labute approximate surface area is 122 Å². The molecule has 0 amide bonds. The van der Waals surface area contributed by atoms with Crippen LogP contribution in [0.3, 0.4) is 0 Å². The van der Waals surface area contributed by atoms with Crippen LogP contribution in [-0.2, 0) is 6.54 Å². The molecular weight excluding hydrogens is 244 g/mol. The maximum absolute atomic E-state index is 4.44. The second kappa shape index (κ2) is 6.19. The zero-order chi connectivity index (χ0) is 14.7. The van der Waals surface area contributed by atoms with Gasteiger partial charge >= 0.3 is 0 Å². The number of rotatable bonds is 4. The van der Waals surface area contributed by atoms with Crippen molar-refractivity contribution in [2.24, 2.45) is 0 Å². The van der Waals surface area contributed by atoms with Gasteiger partial charge in [-0.25, -0.2) is 0 Å². The predicted octanol–water partition coefficient (Wildman–Crippen LogP) is 4.17. The van der Waals surface area contributed by atoms with Crippen molar-refractivity contribution in [1.82, 2.24) is 10.3 Å². The summed E-state index contributed by atoms with van der Waals surface area (Å²) in [5, 5.41) is 3.58. The Kier molecular flexibility index (Phi) is 4.56. The molecule has 1 unspecified atom stereocenters. The van der Waals surface area contributed by atoms with Gasteiger partial charge in [0.2, 0.25) is 0 Å². The summed E-state index contributed by atoms with van der Waals surface area (Å²) in [4.78, 5) is 4.44. The minimum absolute atomic E-state index is 0.329. The summed E-state index contributed by atoms with van der Waals surface area (Å²) in [7, 11) is 0. The fourth-order valence-electron chi connectivity index (χ4n) is 2.51. The first-order chi connectivity index (χ1) is 9.49. The fraction of sp³-hybridized carbons (Fsp3) is 0.389. The quantitative estimate of drug-likeness (QED) is 0.900. The number of hydrogen-bond donors (Lipinski definition) is 1. The van der Waals surface area contributed by atoms with Crippen molar-refractivity contribution >= 4 is 0 Å². The Bertz CT molecular complexity index is 602. The van der Waals surface area contributed by atoms with Crippen LogP contribution in [0.25, 0.3) is 0 Å². The van der Waals surface area contributed by atoms with Crippen molar-refractivity contribution in [2.45, 2.75) is 47.2 Å². The first-order valence-electron chi connectivity index (χ1n) is 7.20. The van der Waals surface area contributed by atoms with Gasteiger partial charge in [0.1, 0.15) is 0 Å². The lowest BCUT2D eigenvalue weighted by Crippen LogP contribution is -2.20. The van der Waals surface area contributed by atoms with E-state index in [0.717, 1.165) is 12.2 Å². The molecule has 2 heteroatoms. The van der Waals surface area contributed by atoms with Gasteiger partial charge in [-0.05, 0) is 68.5 Å². The molecule has 0 aliphatic rings. The second-order valence-electron chi connectivity index (χ2n) is 5.66. The van der Waals surface area contributed by atoms with Gasteiger partial charge in [0, 0.05) is 18.8 Å². The third-order valence-corrected chi connectivity index (χ3v) is 4.04. The standard InChI is InChI=1S/C18H24N2/c1-12-7-6-8-19-18(12)11-20-16(5)17-10-14(3)13(2)9-15(17)4/h6-10,16,20H,11H2,1-5H3. The number of hydrogen-bond acceptors (Lipinski definition) is 2. The molecule has 1 aromatic carbocycles. The molecular formula is C18H24N2. The predicted molar refractivity (Wildman–Crippen MR) is 84.9 cm³/mol. The molecule has 1 aromatic heterocycles. The van der Waals surface area contributed by atoms with Crippen molar-refractivity contribution < 1.29 is 0 Å². The van der Waals surface area contributed by atoms with Crippen LogP contribution in [0.4, 0.5) is 0 Å². The van der Waals surface area contributed by atoms with E-state index in [1.54, 1.807) is 0 Å². The summed E-state index contributed by atoms with van der Waals surface area (Å²) in [6.45, 7) is 11.7. The van der Waals surface area contributed by atoms with Crippen LogP contribution in [0.2, 0.25) is 0 Å². The van der Waals surface area contributed by atoms with Gasteiger partial charge in [-0.15, -0.1) is 0 Å². The van der Waals surface area contributed by atoms with Gasteiger partial charge in [-0.3, -0.25) is 4.98 Å². The summed E-state index contributed by atoms with van der Waals surface area (Å²) >= 11 is 0. The van der Waals surface area contributed by atoms with E-state index in [-0.39, 0.29) is 0 Å². The maximum atomic E-state index is 4.44. The smallest absolute Gasteiger partial charge is 0.0570 e. The summed E-state index contributed by atoms with van der Waals surface area (Å²) in [6, 6.07) is 8.99. The third kappa shape index (κ3) is 3.26. The van der Waals surface area contributed by atoms with E-state index in [0.29, 0.717) is 6.04 Å². The van der Waals surface area contributed by atoms with E-state index in [1.807, 2.05) is 12.3 Å². The Balaban J connectivity index is 2.11. The molecule has 1 heterocycles. The van der Waals surface area contributed by atoms with E-state index >= 15 is 0 Å². The highest BCUT2D eigenvalue weighted by Crippen LogP contribution is 2.22. The molecule has 0 saturated carbocycles. The minimum atomic E-state index is 0.329. The Morgan fingerprint density at radius 2 is 1.70 bits per heavy atom. The third-order valence-electron chi connectivity index (χ3n) is 4.04. The van der Waals surface area contributed by atoms with Crippen molar-refractivity contribution in [3.63, 3.8) is 0 Å². The fourth-order valence-corrected chi connectivity index (χ4v) is 2.51. The molecule has 2 aromatic rings. The summed E-state index contributed by atoms with van der Waals surface area (Å²) in [5.74, 6) is 0. The van der Waals surface area contributed by atoms with Crippen LogP contribution in [-0.4, -0.2) is 4.98 Å². The van der Waals surface area contributed by atoms with Crippen LogP contribution in [0.15, 0.2) is 30.5 Å². The minimum Gasteiger partial charge on any atom is -0.305 e. The highest BCUT2D eigenvalue weighted by molar-refractivity contribution is 5.38. The van der Waals surface area contributed by atoms with Crippen molar-refractivity contribution in [3.8, 4) is 0 Å². The van der Waals surface area contributed by atoms with Crippen LogP contribution in [0.1, 0.15) is 46.5 Å². The summed E-state index contributed by atoms with van der Waals surface area (Å²) < 4.78 is 0. The first kappa shape index (κ1) is 14.7. The number of aryl methyl sites for hydroxylation is 4. The molecule has 1 atom stereocenters. The average Bonchev–Trinajstić information content (AvgIpc) is 2.41. The van der Waals surface area contributed by atoms with Gasteiger partial charge in [0.05, 0.1) is 5.69 Å². The number of nitrogens with one attached hydrogen (secondary N) is 1. The van der Waals surface area contributed by atoms with E-state index in [1.165, 1.54) is 27.8 Å². The van der Waals surface area contributed by atoms with Crippen LogP contribution >= 0.6 is 0 Å². The van der Waals surface area contributed by atoms with Gasteiger partial charge in [-0.2, -0.15) is 0 Å². The van der Waals surface area contributed by atoms with Crippen LogP contribution < -0.4 is 5.32 Å². The van der Waals surface area contributed by atoms with Gasteiger partial charge in [0.15, 0.2) is 0 Å². The van der Waals surface area contributed by atoms with Crippen molar-refractivity contribution in [2.75, 3.05) is 0 Å². The molecule has 0 aliphatic carbocycles. The van der Waals surface area contributed by atoms with Gasteiger partial charge < -0.3 is 5.32 Å². The Morgan fingerprint density at radius 1 is 1.00 bits per heavy atom. The second-order valence-corrected chi connectivity index (χ2v) is 5.66. The topological polar surface area (TPSA) is 24.9 Å². The molecule has 0 radical (unpaired) electrons. The monoisotopic (exact) mass is 268 g/mol. The SMILES string of the molecule is Cc1cc(C)c(C(C)NCc2ncccc2C)cc1C. The van der Waals surface area contributed by atoms with Gasteiger partial charge in [-0.1, -0.05) is 18.2 Å². The molecule has 0 aliphatic heterocycles. The molecule has 106 valence electrons.